The predicted octanol–water partition coefficient (Wildman–Crippen LogP) is 2.04. The first-order chi connectivity index (χ1) is 4.33. The van der Waals surface area contributed by atoms with E-state index in [1.54, 1.807) is 0 Å². The summed E-state index contributed by atoms with van der Waals surface area (Å²) >= 11 is 0. The molecule has 54 valence electrons. The standard InChI is InChI=1S/C7H14FN/c1-6-3-2-4-7(5-6)9-8/h6-7,9H,2-5H2,1H3. The second-order valence-corrected chi connectivity index (χ2v) is 3.08. The van der Waals surface area contributed by atoms with Crippen molar-refractivity contribution in [2.24, 2.45) is 5.92 Å². The van der Waals surface area contributed by atoms with E-state index in [9.17, 15) is 4.48 Å². The molecular formula is C7H14FN. The Morgan fingerprint density at radius 3 is 2.67 bits per heavy atom. The summed E-state index contributed by atoms with van der Waals surface area (Å²) in [6, 6.07) is 0.147. The SMILES string of the molecule is CC1CCCC(NF)C1. The van der Waals surface area contributed by atoms with Crippen LogP contribution in [0.25, 0.3) is 0 Å². The van der Waals surface area contributed by atoms with Gasteiger partial charge in [0.1, 0.15) is 0 Å². The van der Waals surface area contributed by atoms with Crippen LogP contribution in [0.4, 0.5) is 4.48 Å². The van der Waals surface area contributed by atoms with E-state index in [1.807, 2.05) is 5.54 Å². The highest BCUT2D eigenvalue weighted by atomic mass is 19.2. The average molecular weight is 131 g/mol. The van der Waals surface area contributed by atoms with Crippen LogP contribution in [0.2, 0.25) is 0 Å². The van der Waals surface area contributed by atoms with Gasteiger partial charge in [-0.2, -0.15) is 5.54 Å². The Morgan fingerprint density at radius 2 is 2.22 bits per heavy atom. The molecule has 9 heavy (non-hydrogen) atoms. The van der Waals surface area contributed by atoms with Gasteiger partial charge in [-0.05, 0) is 18.8 Å². The van der Waals surface area contributed by atoms with E-state index in [0.717, 1.165) is 12.8 Å². The Morgan fingerprint density at radius 1 is 1.44 bits per heavy atom. The van der Waals surface area contributed by atoms with Crippen molar-refractivity contribution in [2.75, 3.05) is 0 Å². The van der Waals surface area contributed by atoms with Crippen LogP contribution in [0.1, 0.15) is 32.6 Å². The third-order valence-corrected chi connectivity index (χ3v) is 2.09. The van der Waals surface area contributed by atoms with Gasteiger partial charge in [0.25, 0.3) is 0 Å². The summed E-state index contributed by atoms with van der Waals surface area (Å²) in [4.78, 5) is 0. The molecule has 0 aliphatic heterocycles. The lowest BCUT2D eigenvalue weighted by molar-refractivity contribution is 0.198. The molecule has 0 aromatic heterocycles. The van der Waals surface area contributed by atoms with Gasteiger partial charge in [0.05, 0.1) is 0 Å². The molecule has 0 spiro atoms. The highest BCUT2D eigenvalue weighted by Crippen LogP contribution is 2.23. The molecule has 1 nitrogen and oxygen atoms in total. The molecule has 0 amide bonds. The predicted molar refractivity (Wildman–Crippen MR) is 35.7 cm³/mol. The number of hydrogen-bond donors (Lipinski definition) is 1. The van der Waals surface area contributed by atoms with Gasteiger partial charge in [-0.3, -0.25) is 0 Å². The summed E-state index contributed by atoms with van der Waals surface area (Å²) in [6.07, 6.45) is 4.48. The lowest BCUT2D eigenvalue weighted by Crippen LogP contribution is -2.27. The fourth-order valence-corrected chi connectivity index (χ4v) is 1.53. The summed E-state index contributed by atoms with van der Waals surface area (Å²) in [6.45, 7) is 2.18. The highest BCUT2D eigenvalue weighted by molar-refractivity contribution is 4.72. The van der Waals surface area contributed by atoms with Crippen molar-refractivity contribution < 1.29 is 4.48 Å². The van der Waals surface area contributed by atoms with Crippen molar-refractivity contribution in [3.05, 3.63) is 0 Å². The average Bonchev–Trinajstić information content (AvgIpc) is 1.88. The minimum absolute atomic E-state index is 0.147. The fourth-order valence-electron chi connectivity index (χ4n) is 1.53. The van der Waals surface area contributed by atoms with Crippen LogP contribution in [0, 0.1) is 5.92 Å². The third kappa shape index (κ3) is 1.94. The number of halogens is 1. The highest BCUT2D eigenvalue weighted by Gasteiger charge is 2.17. The zero-order chi connectivity index (χ0) is 6.69. The number of nitrogens with one attached hydrogen (secondary N) is 1. The monoisotopic (exact) mass is 131 g/mol. The molecule has 0 radical (unpaired) electrons. The molecule has 0 aromatic carbocycles. The van der Waals surface area contributed by atoms with Crippen LogP contribution >= 0.6 is 0 Å². The summed E-state index contributed by atoms with van der Waals surface area (Å²) in [5.74, 6) is 0.715. The third-order valence-electron chi connectivity index (χ3n) is 2.09. The summed E-state index contributed by atoms with van der Waals surface area (Å²) in [7, 11) is 0. The van der Waals surface area contributed by atoms with Crippen molar-refractivity contribution in [1.29, 1.82) is 0 Å². The molecule has 0 saturated heterocycles. The Bertz CT molecular complexity index is 85.0. The Kier molecular flexibility index (Phi) is 2.46. The summed E-state index contributed by atoms with van der Waals surface area (Å²) in [5.41, 5.74) is 1.83. The quantitative estimate of drug-likeness (QED) is 0.537. The molecule has 1 rings (SSSR count). The lowest BCUT2D eigenvalue weighted by Gasteiger charge is -2.23. The summed E-state index contributed by atoms with van der Waals surface area (Å²) in [5, 5.41) is 0. The molecular weight excluding hydrogens is 117 g/mol. The van der Waals surface area contributed by atoms with E-state index in [2.05, 4.69) is 6.92 Å². The molecule has 1 aliphatic carbocycles. The minimum Gasteiger partial charge on any atom is -0.156 e. The Hall–Kier alpha value is -0.110. The molecule has 0 heterocycles. The molecule has 1 N–H and O–H groups in total. The van der Waals surface area contributed by atoms with Gasteiger partial charge in [0.2, 0.25) is 0 Å². The zero-order valence-electron chi connectivity index (χ0n) is 5.86. The maximum absolute atomic E-state index is 11.8. The summed E-state index contributed by atoms with van der Waals surface area (Å²) < 4.78 is 11.8. The van der Waals surface area contributed by atoms with Crippen LogP contribution in [0.5, 0.6) is 0 Å². The molecule has 1 saturated carbocycles. The molecule has 0 aromatic rings. The zero-order valence-corrected chi connectivity index (χ0v) is 5.86. The van der Waals surface area contributed by atoms with Crippen LogP contribution < -0.4 is 5.54 Å². The topological polar surface area (TPSA) is 12.0 Å². The number of hydrogen-bond acceptors (Lipinski definition) is 1. The van der Waals surface area contributed by atoms with Crippen molar-refractivity contribution in [3.63, 3.8) is 0 Å². The van der Waals surface area contributed by atoms with Gasteiger partial charge >= 0.3 is 0 Å². The normalized spacial score (nSPS) is 36.7. The van der Waals surface area contributed by atoms with Gasteiger partial charge in [-0.25, -0.2) is 0 Å². The first kappa shape index (κ1) is 7.00. The van der Waals surface area contributed by atoms with Crippen molar-refractivity contribution in [3.8, 4) is 0 Å². The smallest absolute Gasteiger partial charge is 0.0374 e. The van der Waals surface area contributed by atoms with Crippen LogP contribution in [0.15, 0.2) is 0 Å². The van der Waals surface area contributed by atoms with E-state index in [4.69, 9.17) is 0 Å². The molecule has 1 fully saturated rings. The van der Waals surface area contributed by atoms with E-state index in [1.165, 1.54) is 12.8 Å². The van der Waals surface area contributed by atoms with Gasteiger partial charge in [-0.1, -0.05) is 19.8 Å². The van der Waals surface area contributed by atoms with Crippen LogP contribution in [-0.4, -0.2) is 6.04 Å². The second-order valence-electron chi connectivity index (χ2n) is 3.08. The minimum atomic E-state index is 0.147. The molecule has 2 atom stereocenters. The number of rotatable bonds is 1. The fraction of sp³-hybridized carbons (Fsp3) is 1.00. The molecule has 1 aliphatic rings. The van der Waals surface area contributed by atoms with Gasteiger partial charge < -0.3 is 0 Å². The van der Waals surface area contributed by atoms with E-state index in [-0.39, 0.29) is 6.04 Å². The van der Waals surface area contributed by atoms with Crippen molar-refractivity contribution in [2.45, 2.75) is 38.6 Å². The van der Waals surface area contributed by atoms with Crippen molar-refractivity contribution in [1.82, 2.24) is 5.54 Å². The van der Waals surface area contributed by atoms with Gasteiger partial charge in [0, 0.05) is 6.04 Å². The molecule has 0 bridgehead atoms. The Labute approximate surface area is 55.6 Å². The first-order valence-corrected chi connectivity index (χ1v) is 3.69. The molecule has 2 unspecified atom stereocenters. The van der Waals surface area contributed by atoms with E-state index in [0.29, 0.717) is 5.92 Å². The van der Waals surface area contributed by atoms with E-state index >= 15 is 0 Å². The van der Waals surface area contributed by atoms with E-state index < -0.39 is 0 Å². The largest absolute Gasteiger partial charge is 0.156 e. The Balaban J connectivity index is 2.23. The maximum atomic E-state index is 11.8. The first-order valence-electron chi connectivity index (χ1n) is 3.69. The van der Waals surface area contributed by atoms with Gasteiger partial charge in [-0.15, -0.1) is 4.48 Å². The van der Waals surface area contributed by atoms with Crippen LogP contribution in [-0.2, 0) is 0 Å². The van der Waals surface area contributed by atoms with Gasteiger partial charge in [0.15, 0.2) is 0 Å². The maximum Gasteiger partial charge on any atom is 0.0374 e. The van der Waals surface area contributed by atoms with Crippen molar-refractivity contribution >= 4 is 0 Å². The molecule has 2 heteroatoms. The lowest BCUT2D eigenvalue weighted by atomic mass is 9.88. The second kappa shape index (κ2) is 3.16. The van der Waals surface area contributed by atoms with Crippen LogP contribution in [0.3, 0.4) is 0 Å².